The molecule has 0 atom stereocenters. The van der Waals surface area contributed by atoms with Crippen molar-refractivity contribution in [2.24, 2.45) is 0 Å². The van der Waals surface area contributed by atoms with Gasteiger partial charge in [0.05, 0.1) is 11.7 Å². The number of thiocarbonyl (C=S) groups is 1. The van der Waals surface area contributed by atoms with Crippen LogP contribution in [0.1, 0.15) is 42.3 Å². The van der Waals surface area contributed by atoms with Gasteiger partial charge in [-0.05, 0) is 62.7 Å². The predicted octanol–water partition coefficient (Wildman–Crippen LogP) is 4.47. The van der Waals surface area contributed by atoms with Crippen LogP contribution >= 0.6 is 12.2 Å². The van der Waals surface area contributed by atoms with E-state index in [1.165, 1.54) is 0 Å². The van der Waals surface area contributed by atoms with Gasteiger partial charge in [-0.1, -0.05) is 37.3 Å². The minimum Gasteiger partial charge on any atom is -0.490 e. The fraction of sp³-hybridized carbons (Fsp3) is 0.300. The Morgan fingerprint density at radius 3 is 2.56 bits per heavy atom. The van der Waals surface area contributed by atoms with Crippen molar-refractivity contribution in [1.29, 1.82) is 0 Å². The van der Waals surface area contributed by atoms with E-state index >= 15 is 0 Å². The van der Waals surface area contributed by atoms with Gasteiger partial charge >= 0.3 is 0 Å². The quantitative estimate of drug-likeness (QED) is 0.776. The van der Waals surface area contributed by atoms with E-state index in [-0.39, 0.29) is 17.1 Å². The lowest BCUT2D eigenvalue weighted by Gasteiger charge is -2.17. The van der Waals surface area contributed by atoms with Crippen molar-refractivity contribution < 1.29 is 9.53 Å². The van der Waals surface area contributed by atoms with E-state index in [0.717, 1.165) is 23.2 Å². The summed E-state index contributed by atoms with van der Waals surface area (Å²) in [5, 5.41) is 6.16. The molecule has 0 saturated carbocycles. The number of hydrogen-bond acceptors (Lipinski definition) is 3. The first-order chi connectivity index (χ1) is 11.9. The summed E-state index contributed by atoms with van der Waals surface area (Å²) in [5.74, 6) is 0.253. The Hall–Kier alpha value is -2.40. The number of rotatable bonds is 5. The molecule has 2 aromatic rings. The molecule has 0 heterocycles. The highest BCUT2D eigenvalue weighted by atomic mass is 32.1. The summed E-state index contributed by atoms with van der Waals surface area (Å²) in [4.78, 5) is 12.6. The van der Waals surface area contributed by atoms with E-state index in [9.17, 15) is 4.79 Å². The molecule has 25 heavy (non-hydrogen) atoms. The Balaban J connectivity index is 2.13. The molecule has 4 nitrogen and oxygen atoms in total. The van der Waals surface area contributed by atoms with Crippen LogP contribution in [0.15, 0.2) is 42.5 Å². The van der Waals surface area contributed by atoms with Crippen LogP contribution in [-0.4, -0.2) is 17.1 Å². The number of para-hydroxylation sites is 2. The molecule has 2 N–H and O–H groups in total. The molecule has 0 bridgehead atoms. The van der Waals surface area contributed by atoms with Crippen LogP contribution in [0.4, 0.5) is 5.69 Å². The molecule has 0 aliphatic rings. The normalized spacial score (nSPS) is 10.4. The van der Waals surface area contributed by atoms with Gasteiger partial charge in [0.2, 0.25) is 0 Å². The number of aryl methyl sites for hydroxylation is 2. The van der Waals surface area contributed by atoms with Gasteiger partial charge in [0.1, 0.15) is 5.75 Å². The lowest BCUT2D eigenvalue weighted by molar-refractivity contribution is 0.0972. The number of nitrogens with one attached hydrogen (secondary N) is 2. The Morgan fingerprint density at radius 2 is 1.88 bits per heavy atom. The smallest absolute Gasteiger partial charge is 0.261 e. The number of ether oxygens (including phenoxy) is 1. The number of benzene rings is 2. The van der Waals surface area contributed by atoms with E-state index in [1.807, 2.05) is 45.0 Å². The van der Waals surface area contributed by atoms with Gasteiger partial charge in [-0.25, -0.2) is 0 Å². The Labute approximate surface area is 154 Å². The third kappa shape index (κ3) is 5.03. The maximum atomic E-state index is 12.6. The number of hydrogen-bond donors (Lipinski definition) is 2. The molecular formula is C20H24N2O2S. The van der Waals surface area contributed by atoms with Crippen molar-refractivity contribution in [2.45, 2.75) is 40.2 Å². The third-order valence-corrected chi connectivity index (χ3v) is 3.90. The zero-order chi connectivity index (χ0) is 18.4. The molecular weight excluding hydrogens is 332 g/mol. The second kappa shape index (κ2) is 8.62. The van der Waals surface area contributed by atoms with Gasteiger partial charge < -0.3 is 10.1 Å². The first-order valence-electron chi connectivity index (χ1n) is 8.38. The van der Waals surface area contributed by atoms with Crippen LogP contribution in [-0.2, 0) is 6.42 Å². The second-order valence-electron chi connectivity index (χ2n) is 6.03. The van der Waals surface area contributed by atoms with Gasteiger partial charge in [0, 0.05) is 5.69 Å². The van der Waals surface area contributed by atoms with Gasteiger partial charge in [-0.2, -0.15) is 0 Å². The van der Waals surface area contributed by atoms with Gasteiger partial charge in [0.25, 0.3) is 5.91 Å². The largest absolute Gasteiger partial charge is 0.490 e. The number of amides is 1. The van der Waals surface area contributed by atoms with Crippen LogP contribution in [0, 0.1) is 6.92 Å². The van der Waals surface area contributed by atoms with Gasteiger partial charge in [-0.3, -0.25) is 10.1 Å². The summed E-state index contributed by atoms with van der Waals surface area (Å²) >= 11 is 5.33. The number of anilines is 1. The van der Waals surface area contributed by atoms with Crippen molar-refractivity contribution in [1.82, 2.24) is 5.32 Å². The molecule has 0 aliphatic heterocycles. The molecule has 132 valence electrons. The average Bonchev–Trinajstić information content (AvgIpc) is 2.56. The van der Waals surface area contributed by atoms with Crippen molar-refractivity contribution in [3.05, 3.63) is 59.2 Å². The van der Waals surface area contributed by atoms with E-state index in [1.54, 1.807) is 18.2 Å². The van der Waals surface area contributed by atoms with Crippen molar-refractivity contribution in [3.63, 3.8) is 0 Å². The maximum absolute atomic E-state index is 12.6. The molecule has 5 heteroatoms. The zero-order valence-corrected chi connectivity index (χ0v) is 15.9. The van der Waals surface area contributed by atoms with Gasteiger partial charge in [0.15, 0.2) is 5.11 Å². The van der Waals surface area contributed by atoms with Crippen molar-refractivity contribution in [2.75, 3.05) is 5.32 Å². The lowest BCUT2D eigenvalue weighted by Crippen LogP contribution is -2.35. The summed E-state index contributed by atoms with van der Waals surface area (Å²) in [7, 11) is 0. The van der Waals surface area contributed by atoms with E-state index in [0.29, 0.717) is 11.3 Å². The Kier molecular flexibility index (Phi) is 6.53. The van der Waals surface area contributed by atoms with E-state index in [2.05, 4.69) is 17.6 Å². The molecule has 1 amide bonds. The Bertz CT molecular complexity index is 772. The Morgan fingerprint density at radius 1 is 1.16 bits per heavy atom. The van der Waals surface area contributed by atoms with E-state index in [4.69, 9.17) is 17.0 Å². The molecule has 2 rings (SSSR count). The summed E-state index contributed by atoms with van der Waals surface area (Å²) < 4.78 is 5.70. The van der Waals surface area contributed by atoms with Crippen LogP contribution in [0.3, 0.4) is 0 Å². The standard InChI is InChI=1S/C20H24N2O2S/c1-5-15-10-8-9-14(4)18(15)21-20(25)22-19(23)16-11-6-7-12-17(16)24-13(2)3/h6-13H,5H2,1-4H3,(H2,21,22,23,25). The highest BCUT2D eigenvalue weighted by Gasteiger charge is 2.15. The van der Waals surface area contributed by atoms with Crippen molar-refractivity contribution in [3.8, 4) is 5.75 Å². The SMILES string of the molecule is CCc1cccc(C)c1NC(=S)NC(=O)c1ccccc1OC(C)C. The molecule has 0 radical (unpaired) electrons. The number of carbonyl (C=O) groups excluding carboxylic acids is 1. The fourth-order valence-electron chi connectivity index (χ4n) is 2.53. The van der Waals surface area contributed by atoms with Crippen LogP contribution in [0.25, 0.3) is 0 Å². The molecule has 0 unspecified atom stereocenters. The predicted molar refractivity (Wildman–Crippen MR) is 106 cm³/mol. The first-order valence-corrected chi connectivity index (χ1v) is 8.79. The monoisotopic (exact) mass is 356 g/mol. The minimum absolute atomic E-state index is 0.0156. The highest BCUT2D eigenvalue weighted by molar-refractivity contribution is 7.80. The molecule has 0 saturated heterocycles. The van der Waals surface area contributed by atoms with Crippen LogP contribution < -0.4 is 15.4 Å². The summed E-state index contributed by atoms with van der Waals surface area (Å²) in [6.45, 7) is 7.94. The molecule has 0 aromatic heterocycles. The maximum Gasteiger partial charge on any atom is 0.261 e. The topological polar surface area (TPSA) is 50.4 Å². The third-order valence-electron chi connectivity index (χ3n) is 3.70. The molecule has 2 aromatic carbocycles. The molecule has 0 fully saturated rings. The number of carbonyl (C=O) groups is 1. The molecule has 0 aliphatic carbocycles. The summed E-state index contributed by atoms with van der Waals surface area (Å²) in [5.41, 5.74) is 3.64. The van der Waals surface area contributed by atoms with Crippen LogP contribution in [0.2, 0.25) is 0 Å². The van der Waals surface area contributed by atoms with Crippen molar-refractivity contribution >= 4 is 28.9 Å². The minimum atomic E-state index is -0.291. The van der Waals surface area contributed by atoms with E-state index < -0.39 is 0 Å². The molecule has 0 spiro atoms. The zero-order valence-electron chi connectivity index (χ0n) is 15.1. The van der Waals surface area contributed by atoms with Crippen LogP contribution in [0.5, 0.6) is 5.75 Å². The highest BCUT2D eigenvalue weighted by Crippen LogP contribution is 2.22. The second-order valence-corrected chi connectivity index (χ2v) is 6.44. The lowest BCUT2D eigenvalue weighted by atomic mass is 10.1. The summed E-state index contributed by atoms with van der Waals surface area (Å²) in [6.07, 6.45) is 0.865. The first kappa shape index (κ1) is 18.9. The summed E-state index contributed by atoms with van der Waals surface area (Å²) in [6, 6.07) is 13.2. The van der Waals surface area contributed by atoms with Gasteiger partial charge in [-0.15, -0.1) is 0 Å². The average molecular weight is 356 g/mol. The fourth-order valence-corrected chi connectivity index (χ4v) is 2.72.